The maximum Gasteiger partial charge on any atom is 0.326 e. The molecule has 1 heterocycles. The highest BCUT2D eigenvalue weighted by Crippen LogP contribution is 2.32. The van der Waals surface area contributed by atoms with Gasteiger partial charge < -0.3 is 14.8 Å². The van der Waals surface area contributed by atoms with E-state index in [0.717, 1.165) is 0 Å². The Bertz CT molecular complexity index is 951. The van der Waals surface area contributed by atoms with E-state index in [1.165, 1.54) is 17.0 Å². The molecule has 2 aromatic carbocycles. The molecule has 0 radical (unpaired) electrons. The van der Waals surface area contributed by atoms with Gasteiger partial charge in [0, 0.05) is 0 Å². The largest absolute Gasteiger partial charge is 0.482 e. The molecule has 0 bridgehead atoms. The van der Waals surface area contributed by atoms with Crippen LogP contribution in [0.25, 0.3) is 0 Å². The Morgan fingerprint density at radius 2 is 1.82 bits per heavy atom. The highest BCUT2D eigenvalue weighted by molar-refractivity contribution is 6.44. The molecule has 0 saturated heterocycles. The van der Waals surface area contributed by atoms with Gasteiger partial charge in [-0.25, -0.2) is 0 Å². The molecule has 146 valence electrons. The van der Waals surface area contributed by atoms with Crippen LogP contribution < -0.4 is 15.0 Å². The third kappa shape index (κ3) is 4.67. The summed E-state index contributed by atoms with van der Waals surface area (Å²) in [7, 11) is 0. The van der Waals surface area contributed by atoms with Crippen LogP contribution in [-0.2, 0) is 19.1 Å². The maximum absolute atomic E-state index is 12.1. The number of hydrogen-bond donors (Lipinski definition) is 1. The Balaban J connectivity index is 1.57. The SMILES string of the molecule is O=C(COC(=O)CN1C(=O)COc2ccccc21)Nc1cc(Cl)c(Cl)cc1Cl. The number of halogens is 3. The second kappa shape index (κ2) is 8.68. The molecule has 0 unspecified atom stereocenters. The number of benzene rings is 2. The molecule has 3 rings (SSSR count). The molecule has 7 nitrogen and oxygen atoms in total. The molecule has 0 aromatic heterocycles. The number of ether oxygens (including phenoxy) is 2. The van der Waals surface area contributed by atoms with Gasteiger partial charge in [0.2, 0.25) is 0 Å². The number of carbonyl (C=O) groups excluding carboxylic acids is 3. The number of esters is 1. The molecule has 0 fully saturated rings. The first-order valence-electron chi connectivity index (χ1n) is 7.97. The zero-order chi connectivity index (χ0) is 20.3. The monoisotopic (exact) mass is 442 g/mol. The maximum atomic E-state index is 12.1. The summed E-state index contributed by atoms with van der Waals surface area (Å²) in [5.74, 6) is -1.27. The Morgan fingerprint density at radius 1 is 1.11 bits per heavy atom. The highest BCUT2D eigenvalue weighted by atomic mass is 35.5. The van der Waals surface area contributed by atoms with Crippen LogP contribution in [0, 0.1) is 0 Å². The number of anilines is 2. The smallest absolute Gasteiger partial charge is 0.326 e. The molecule has 0 atom stereocenters. The van der Waals surface area contributed by atoms with Gasteiger partial charge >= 0.3 is 5.97 Å². The van der Waals surface area contributed by atoms with Crippen LogP contribution in [0.5, 0.6) is 5.75 Å². The minimum atomic E-state index is -0.750. The number of para-hydroxylation sites is 2. The van der Waals surface area contributed by atoms with E-state index in [0.29, 0.717) is 11.4 Å². The third-order valence-electron chi connectivity index (χ3n) is 3.74. The second-order valence-corrected chi connectivity index (χ2v) is 6.91. The summed E-state index contributed by atoms with van der Waals surface area (Å²) in [5.41, 5.74) is 0.692. The first-order valence-corrected chi connectivity index (χ1v) is 9.10. The molecule has 1 N–H and O–H groups in total. The topological polar surface area (TPSA) is 84.9 Å². The lowest BCUT2D eigenvalue weighted by Crippen LogP contribution is -2.42. The van der Waals surface area contributed by atoms with E-state index in [-0.39, 0.29) is 39.8 Å². The van der Waals surface area contributed by atoms with Crippen molar-refractivity contribution < 1.29 is 23.9 Å². The molecule has 1 aliphatic heterocycles. The highest BCUT2D eigenvalue weighted by Gasteiger charge is 2.27. The minimum Gasteiger partial charge on any atom is -0.482 e. The van der Waals surface area contributed by atoms with Crippen molar-refractivity contribution in [1.82, 2.24) is 0 Å². The Labute approximate surface area is 175 Å². The predicted octanol–water partition coefficient (Wildman–Crippen LogP) is 3.55. The van der Waals surface area contributed by atoms with Gasteiger partial charge in [-0.3, -0.25) is 19.3 Å². The summed E-state index contributed by atoms with van der Waals surface area (Å²) >= 11 is 17.7. The molecule has 0 saturated carbocycles. The number of fused-ring (bicyclic) bond motifs is 1. The van der Waals surface area contributed by atoms with E-state index in [1.54, 1.807) is 24.3 Å². The summed E-state index contributed by atoms with van der Waals surface area (Å²) in [6.07, 6.45) is 0. The minimum absolute atomic E-state index is 0.180. The fourth-order valence-electron chi connectivity index (χ4n) is 2.45. The first kappa shape index (κ1) is 20.3. The first-order chi connectivity index (χ1) is 13.3. The van der Waals surface area contributed by atoms with Gasteiger partial charge in [0.1, 0.15) is 12.3 Å². The normalized spacial score (nSPS) is 12.8. The van der Waals surface area contributed by atoms with Gasteiger partial charge in [-0.05, 0) is 24.3 Å². The van der Waals surface area contributed by atoms with Crippen LogP contribution in [0.15, 0.2) is 36.4 Å². The van der Waals surface area contributed by atoms with Gasteiger partial charge in [-0.1, -0.05) is 46.9 Å². The van der Waals surface area contributed by atoms with Crippen molar-refractivity contribution in [2.24, 2.45) is 0 Å². The molecule has 2 aromatic rings. The number of amides is 2. The number of nitrogens with one attached hydrogen (secondary N) is 1. The molecule has 28 heavy (non-hydrogen) atoms. The van der Waals surface area contributed by atoms with Crippen LogP contribution in [-0.4, -0.2) is 37.5 Å². The molecule has 2 amide bonds. The van der Waals surface area contributed by atoms with Gasteiger partial charge in [-0.2, -0.15) is 0 Å². The van der Waals surface area contributed by atoms with Gasteiger partial charge in [0.15, 0.2) is 13.2 Å². The summed E-state index contributed by atoms with van der Waals surface area (Å²) < 4.78 is 10.2. The predicted molar refractivity (Wildman–Crippen MR) is 105 cm³/mol. The van der Waals surface area contributed by atoms with Crippen molar-refractivity contribution in [2.45, 2.75) is 0 Å². The number of carbonyl (C=O) groups is 3. The van der Waals surface area contributed by atoms with E-state index in [4.69, 9.17) is 44.3 Å². The molecular weight excluding hydrogens is 431 g/mol. The Morgan fingerprint density at radius 3 is 2.61 bits per heavy atom. The number of nitrogens with zero attached hydrogens (tertiary/aromatic N) is 1. The lowest BCUT2D eigenvalue weighted by Gasteiger charge is -2.28. The zero-order valence-electron chi connectivity index (χ0n) is 14.2. The quantitative estimate of drug-likeness (QED) is 0.564. The fourth-order valence-corrected chi connectivity index (χ4v) is 3.05. The van der Waals surface area contributed by atoms with E-state index >= 15 is 0 Å². The molecule has 10 heteroatoms. The summed E-state index contributed by atoms with van der Waals surface area (Å²) in [6, 6.07) is 9.58. The van der Waals surface area contributed by atoms with Crippen molar-refractivity contribution in [3.8, 4) is 5.75 Å². The zero-order valence-corrected chi connectivity index (χ0v) is 16.5. The van der Waals surface area contributed by atoms with E-state index in [1.807, 2.05) is 0 Å². The van der Waals surface area contributed by atoms with Crippen molar-refractivity contribution >= 4 is 64.0 Å². The lowest BCUT2D eigenvalue weighted by molar-refractivity contribution is -0.146. The van der Waals surface area contributed by atoms with Gasteiger partial charge in [0.25, 0.3) is 11.8 Å². The summed E-state index contributed by atoms with van der Waals surface area (Å²) in [6.45, 7) is -1.09. The second-order valence-electron chi connectivity index (χ2n) is 5.69. The van der Waals surface area contributed by atoms with Crippen LogP contribution in [0.4, 0.5) is 11.4 Å². The van der Waals surface area contributed by atoms with Crippen molar-refractivity contribution in [2.75, 3.05) is 30.0 Å². The summed E-state index contributed by atoms with van der Waals surface area (Å²) in [5, 5.41) is 3.11. The van der Waals surface area contributed by atoms with Crippen molar-refractivity contribution in [1.29, 1.82) is 0 Å². The number of rotatable bonds is 5. The third-order valence-corrected chi connectivity index (χ3v) is 4.78. The van der Waals surface area contributed by atoms with Crippen molar-refractivity contribution in [3.63, 3.8) is 0 Å². The van der Waals surface area contributed by atoms with Crippen LogP contribution in [0.3, 0.4) is 0 Å². The number of hydrogen-bond acceptors (Lipinski definition) is 5. The fraction of sp³-hybridized carbons (Fsp3) is 0.167. The molecule has 0 aliphatic carbocycles. The van der Waals surface area contributed by atoms with E-state index in [9.17, 15) is 14.4 Å². The Hall–Kier alpha value is -2.48. The molecular formula is C18H13Cl3N2O5. The Kier molecular flexibility index (Phi) is 6.28. The van der Waals surface area contributed by atoms with Gasteiger partial charge in [-0.15, -0.1) is 0 Å². The van der Waals surface area contributed by atoms with Crippen molar-refractivity contribution in [3.05, 3.63) is 51.5 Å². The summed E-state index contributed by atoms with van der Waals surface area (Å²) in [4.78, 5) is 37.4. The average Bonchev–Trinajstić information content (AvgIpc) is 2.67. The molecule has 0 spiro atoms. The van der Waals surface area contributed by atoms with Gasteiger partial charge in [0.05, 0.1) is 26.4 Å². The standard InChI is InChI=1S/C18H13Cl3N2O5/c19-10-5-12(21)13(6-11(10)20)22-16(24)8-28-18(26)7-23-14-3-1-2-4-15(14)27-9-17(23)25/h1-6H,7-9H2,(H,22,24). The van der Waals surface area contributed by atoms with E-state index in [2.05, 4.69) is 5.32 Å². The molecule has 1 aliphatic rings. The van der Waals surface area contributed by atoms with Crippen LogP contribution in [0.1, 0.15) is 0 Å². The van der Waals surface area contributed by atoms with E-state index < -0.39 is 18.5 Å². The van der Waals surface area contributed by atoms with Crippen LogP contribution >= 0.6 is 34.8 Å². The van der Waals surface area contributed by atoms with Crippen LogP contribution in [0.2, 0.25) is 15.1 Å². The lowest BCUT2D eigenvalue weighted by atomic mass is 10.2. The average molecular weight is 444 g/mol.